The Kier molecular flexibility index (Phi) is 6.05. The van der Waals surface area contributed by atoms with Gasteiger partial charge in [0.1, 0.15) is 11.6 Å². The minimum atomic E-state index is -1.09. The number of carbonyl (C=O) groups is 2. The molecule has 0 fully saturated rings. The summed E-state index contributed by atoms with van der Waals surface area (Å²) in [7, 11) is 0. The van der Waals surface area contributed by atoms with Crippen LogP contribution in [0.2, 0.25) is 0 Å². The summed E-state index contributed by atoms with van der Waals surface area (Å²) in [5.41, 5.74) is -0.402. The van der Waals surface area contributed by atoms with Gasteiger partial charge in [-0.15, -0.1) is 0 Å². The average molecular weight is 286 g/mol. The molecule has 2 amide bonds. The maximum atomic E-state index is 13.3. The van der Waals surface area contributed by atoms with E-state index in [0.29, 0.717) is 12.8 Å². The third-order valence-corrected chi connectivity index (χ3v) is 2.69. The lowest BCUT2D eigenvalue weighted by Crippen LogP contribution is -2.42. The van der Waals surface area contributed by atoms with Crippen molar-refractivity contribution in [3.05, 3.63) is 29.8 Å². The number of anilines is 1. The maximum absolute atomic E-state index is 13.3. The minimum Gasteiger partial charge on any atom is -0.396 e. The zero-order valence-electron chi connectivity index (χ0n) is 11.0. The molecule has 1 rings (SSSR count). The summed E-state index contributed by atoms with van der Waals surface area (Å²) in [5, 5.41) is 13.2. The van der Waals surface area contributed by atoms with E-state index in [1.165, 1.54) is 0 Å². The molecule has 0 aromatic heterocycles. The predicted octanol–water partition coefficient (Wildman–Crippen LogP) is 1.18. The molecule has 0 radical (unpaired) electrons. The van der Waals surface area contributed by atoms with E-state index in [0.717, 1.165) is 18.2 Å². The normalized spacial score (nSPS) is 11.8. The van der Waals surface area contributed by atoms with Crippen LogP contribution >= 0.6 is 0 Å². The molecule has 0 aliphatic rings. The van der Waals surface area contributed by atoms with Gasteiger partial charge in [0.2, 0.25) is 0 Å². The van der Waals surface area contributed by atoms with Gasteiger partial charge in [-0.3, -0.25) is 9.59 Å². The first-order valence-corrected chi connectivity index (χ1v) is 6.15. The fourth-order valence-electron chi connectivity index (χ4n) is 1.56. The fraction of sp³-hybridized carbons (Fsp3) is 0.385. The van der Waals surface area contributed by atoms with Crippen LogP contribution < -0.4 is 10.6 Å². The summed E-state index contributed by atoms with van der Waals surface area (Å²) in [6.45, 7) is 1.66. The van der Waals surface area contributed by atoms with Crippen molar-refractivity contribution in [1.82, 2.24) is 5.32 Å². The number of amides is 2. The van der Waals surface area contributed by atoms with E-state index >= 15 is 0 Å². The summed E-state index contributed by atoms with van der Waals surface area (Å²) in [6, 6.07) is 2.18. The molecule has 110 valence electrons. The molecule has 0 heterocycles. The molecule has 0 aliphatic heterocycles. The maximum Gasteiger partial charge on any atom is 0.313 e. The lowest BCUT2D eigenvalue weighted by molar-refractivity contribution is -0.136. The first kappa shape index (κ1) is 16.0. The molecular weight excluding hydrogens is 270 g/mol. The molecule has 1 aromatic rings. The van der Waals surface area contributed by atoms with Crippen molar-refractivity contribution >= 4 is 17.5 Å². The Morgan fingerprint density at radius 1 is 1.30 bits per heavy atom. The second-order valence-electron chi connectivity index (χ2n) is 4.17. The molecule has 1 aromatic carbocycles. The van der Waals surface area contributed by atoms with Crippen molar-refractivity contribution in [2.24, 2.45) is 0 Å². The number of hydrogen-bond acceptors (Lipinski definition) is 3. The van der Waals surface area contributed by atoms with E-state index in [-0.39, 0.29) is 12.6 Å². The van der Waals surface area contributed by atoms with Gasteiger partial charge >= 0.3 is 11.8 Å². The quantitative estimate of drug-likeness (QED) is 0.711. The molecule has 20 heavy (non-hydrogen) atoms. The Hall–Kier alpha value is -2.02. The van der Waals surface area contributed by atoms with E-state index in [2.05, 4.69) is 5.32 Å². The fourth-order valence-corrected chi connectivity index (χ4v) is 1.56. The van der Waals surface area contributed by atoms with Gasteiger partial charge in [-0.05, 0) is 25.0 Å². The summed E-state index contributed by atoms with van der Waals surface area (Å²) in [5.74, 6) is -3.62. The molecule has 0 aliphatic carbocycles. The van der Waals surface area contributed by atoms with Gasteiger partial charge in [0.25, 0.3) is 0 Å². The highest BCUT2D eigenvalue weighted by atomic mass is 19.1. The van der Waals surface area contributed by atoms with Crippen LogP contribution in [0.15, 0.2) is 18.2 Å². The molecule has 1 atom stereocenters. The highest BCUT2D eigenvalue weighted by molar-refractivity contribution is 6.39. The first-order chi connectivity index (χ1) is 9.47. The molecule has 0 spiro atoms. The van der Waals surface area contributed by atoms with Gasteiger partial charge in [-0.2, -0.15) is 0 Å². The molecular formula is C13H16F2N2O3. The summed E-state index contributed by atoms with van der Waals surface area (Å²) in [4.78, 5) is 23.1. The molecule has 1 unspecified atom stereocenters. The van der Waals surface area contributed by atoms with Gasteiger partial charge in [-0.1, -0.05) is 6.92 Å². The van der Waals surface area contributed by atoms with Crippen molar-refractivity contribution in [2.75, 3.05) is 11.9 Å². The van der Waals surface area contributed by atoms with Gasteiger partial charge in [-0.25, -0.2) is 8.78 Å². The number of aliphatic hydroxyl groups excluding tert-OH is 1. The summed E-state index contributed by atoms with van der Waals surface area (Å²) < 4.78 is 26.2. The van der Waals surface area contributed by atoms with Crippen molar-refractivity contribution in [1.29, 1.82) is 0 Å². The Morgan fingerprint density at radius 2 is 2.00 bits per heavy atom. The van der Waals surface area contributed by atoms with E-state index in [9.17, 15) is 18.4 Å². The van der Waals surface area contributed by atoms with Crippen molar-refractivity contribution < 1.29 is 23.5 Å². The highest BCUT2D eigenvalue weighted by Gasteiger charge is 2.18. The Bertz CT molecular complexity index is 495. The highest BCUT2D eigenvalue weighted by Crippen LogP contribution is 2.15. The van der Waals surface area contributed by atoms with E-state index in [1.54, 1.807) is 6.92 Å². The average Bonchev–Trinajstić information content (AvgIpc) is 2.42. The largest absolute Gasteiger partial charge is 0.396 e. The van der Waals surface area contributed by atoms with Gasteiger partial charge < -0.3 is 15.7 Å². The topological polar surface area (TPSA) is 78.4 Å². The number of aliphatic hydroxyl groups is 1. The standard InChI is InChI=1S/C13H16F2N2O3/c1-2-9(5-6-18)16-12(19)13(20)17-11-7-8(14)3-4-10(11)15/h3-4,7,9,18H,2,5-6H2,1H3,(H,16,19)(H,17,20). The zero-order chi connectivity index (χ0) is 15.1. The zero-order valence-corrected chi connectivity index (χ0v) is 11.0. The van der Waals surface area contributed by atoms with Crippen molar-refractivity contribution in [2.45, 2.75) is 25.8 Å². The summed E-state index contributed by atoms with van der Waals surface area (Å²) >= 11 is 0. The van der Waals surface area contributed by atoms with Crippen LogP contribution in [-0.2, 0) is 9.59 Å². The van der Waals surface area contributed by atoms with Crippen molar-refractivity contribution in [3.8, 4) is 0 Å². The van der Waals surface area contributed by atoms with Crippen molar-refractivity contribution in [3.63, 3.8) is 0 Å². The number of benzene rings is 1. The summed E-state index contributed by atoms with van der Waals surface area (Å²) in [6.07, 6.45) is 0.845. The number of nitrogens with one attached hydrogen (secondary N) is 2. The van der Waals surface area contributed by atoms with Crippen LogP contribution in [0, 0.1) is 11.6 Å². The van der Waals surface area contributed by atoms with Crippen LogP contribution in [0.25, 0.3) is 0 Å². The van der Waals surface area contributed by atoms with Gasteiger partial charge in [0.05, 0.1) is 5.69 Å². The van der Waals surface area contributed by atoms with Crippen LogP contribution in [0.1, 0.15) is 19.8 Å². The van der Waals surface area contributed by atoms with Crippen LogP contribution in [-0.4, -0.2) is 29.6 Å². The Labute approximate surface area is 115 Å². The second kappa shape index (κ2) is 7.54. The molecule has 0 saturated heterocycles. The lowest BCUT2D eigenvalue weighted by Gasteiger charge is -2.15. The number of hydrogen-bond donors (Lipinski definition) is 3. The molecule has 0 saturated carbocycles. The number of halogens is 2. The second-order valence-corrected chi connectivity index (χ2v) is 4.17. The number of rotatable bonds is 5. The Morgan fingerprint density at radius 3 is 2.60 bits per heavy atom. The van der Waals surface area contributed by atoms with E-state index in [4.69, 9.17) is 5.11 Å². The van der Waals surface area contributed by atoms with Gasteiger partial charge in [0, 0.05) is 18.7 Å². The van der Waals surface area contributed by atoms with E-state index in [1.807, 2.05) is 5.32 Å². The van der Waals surface area contributed by atoms with Crippen LogP contribution in [0.3, 0.4) is 0 Å². The van der Waals surface area contributed by atoms with Crippen LogP contribution in [0.5, 0.6) is 0 Å². The first-order valence-electron chi connectivity index (χ1n) is 6.15. The third kappa shape index (κ3) is 4.58. The van der Waals surface area contributed by atoms with Crippen LogP contribution in [0.4, 0.5) is 14.5 Å². The number of carbonyl (C=O) groups excluding carboxylic acids is 2. The van der Waals surface area contributed by atoms with E-state index < -0.39 is 29.1 Å². The molecule has 5 nitrogen and oxygen atoms in total. The minimum absolute atomic E-state index is 0.126. The predicted molar refractivity (Wildman–Crippen MR) is 68.9 cm³/mol. The molecule has 7 heteroatoms. The lowest BCUT2D eigenvalue weighted by atomic mass is 10.1. The van der Waals surface area contributed by atoms with Gasteiger partial charge in [0.15, 0.2) is 0 Å². The SMILES string of the molecule is CCC(CCO)NC(=O)C(=O)Nc1cc(F)ccc1F. The molecule has 3 N–H and O–H groups in total. The Balaban J connectivity index is 2.66. The monoisotopic (exact) mass is 286 g/mol. The third-order valence-electron chi connectivity index (χ3n) is 2.69. The smallest absolute Gasteiger partial charge is 0.313 e. The molecule has 0 bridgehead atoms.